The number of rotatable bonds is 4. The quantitative estimate of drug-likeness (QED) is 0.178. The van der Waals surface area contributed by atoms with Crippen LogP contribution in [0.15, 0.2) is 85.3 Å². The molecule has 1 N–H and O–H groups in total. The third-order valence-corrected chi connectivity index (χ3v) is 9.26. The Kier molecular flexibility index (Phi) is 8.36. The van der Waals surface area contributed by atoms with E-state index < -0.39 is 6.04 Å². The summed E-state index contributed by atoms with van der Waals surface area (Å²) in [6.45, 7) is 1.53. The van der Waals surface area contributed by atoms with Crippen LogP contribution in [0.3, 0.4) is 0 Å². The van der Waals surface area contributed by atoms with E-state index in [0.29, 0.717) is 40.4 Å². The number of halogens is 2. The van der Waals surface area contributed by atoms with E-state index in [1.807, 2.05) is 47.4 Å². The van der Waals surface area contributed by atoms with Gasteiger partial charge in [0.25, 0.3) is 0 Å². The minimum Gasteiger partial charge on any atom is -0.618 e. The van der Waals surface area contributed by atoms with Crippen LogP contribution in [0.5, 0.6) is 0 Å². The summed E-state index contributed by atoms with van der Waals surface area (Å²) in [5, 5.41) is 29.3. The number of pyridine rings is 1. The van der Waals surface area contributed by atoms with Gasteiger partial charge in [-0.15, -0.1) is 5.10 Å². The number of nitrogens with zero attached hydrogens (tertiary/aromatic N) is 6. The molecule has 0 aliphatic carbocycles. The summed E-state index contributed by atoms with van der Waals surface area (Å²) in [6.07, 6.45) is 8.03. The number of anilines is 1. The summed E-state index contributed by atoms with van der Waals surface area (Å²) in [7, 11) is 0. The number of hydrogen-bond donors (Lipinski definition) is 1. The highest BCUT2D eigenvalue weighted by atomic mass is 35.5. The lowest BCUT2D eigenvalue weighted by molar-refractivity contribution is -0.614. The van der Waals surface area contributed by atoms with Crippen molar-refractivity contribution < 1.29 is 13.9 Å². The fourth-order valence-corrected chi connectivity index (χ4v) is 6.89. The number of nitrogens with one attached hydrogen (secondary N) is 1. The van der Waals surface area contributed by atoms with Crippen molar-refractivity contribution in [1.29, 1.82) is 0 Å². The summed E-state index contributed by atoms with van der Waals surface area (Å²) in [5.74, 6) is -0.487. The largest absolute Gasteiger partial charge is 0.618 e. The maximum absolute atomic E-state index is 14.7. The van der Waals surface area contributed by atoms with Gasteiger partial charge >= 0.3 is 0 Å². The van der Waals surface area contributed by atoms with E-state index in [1.165, 1.54) is 23.1 Å². The summed E-state index contributed by atoms with van der Waals surface area (Å²) in [6, 6.07) is 21.3. The second-order valence-electron chi connectivity index (χ2n) is 12.0. The standard InChI is InChI=1S/C35H33ClFN7O2/c36-26-11-15-33(43-22-38-40-41-43)30(19-26)25-10-14-34(44(46)21-25)28-8-1-2-9-32(35(45)42-16-3-4-17-42)39-31-13-12-27(37)20-29(31)24-7-5-6-23(28)18-24/h5-7,10-15,18-22,28,32,39H,1-4,8-9,16-17H2. The van der Waals surface area contributed by atoms with E-state index in [0.717, 1.165) is 65.9 Å². The molecule has 0 radical (unpaired) electrons. The summed E-state index contributed by atoms with van der Waals surface area (Å²) < 4.78 is 17.1. The molecule has 1 saturated heterocycles. The Morgan fingerprint density at radius 1 is 0.935 bits per heavy atom. The van der Waals surface area contributed by atoms with Crippen molar-refractivity contribution in [3.63, 3.8) is 0 Å². The number of carbonyl (C=O) groups is 1. The van der Waals surface area contributed by atoms with E-state index >= 15 is 0 Å². The zero-order valence-electron chi connectivity index (χ0n) is 25.2. The Morgan fingerprint density at radius 2 is 1.78 bits per heavy atom. The molecule has 234 valence electrons. The maximum atomic E-state index is 14.7. The molecule has 2 aliphatic heterocycles. The lowest BCUT2D eigenvalue weighted by atomic mass is 9.86. The second kappa shape index (κ2) is 12.9. The van der Waals surface area contributed by atoms with Gasteiger partial charge in [0.15, 0.2) is 11.9 Å². The van der Waals surface area contributed by atoms with Crippen LogP contribution in [0.4, 0.5) is 10.1 Å². The van der Waals surface area contributed by atoms with Crippen molar-refractivity contribution in [3.8, 4) is 27.9 Å². The number of aromatic nitrogens is 5. The molecule has 7 rings (SSSR count). The lowest BCUT2D eigenvalue weighted by Gasteiger charge is -2.27. The molecule has 2 aromatic heterocycles. The molecule has 1 amide bonds. The topological polar surface area (TPSA) is 103 Å². The monoisotopic (exact) mass is 637 g/mol. The molecule has 2 unspecified atom stereocenters. The van der Waals surface area contributed by atoms with Crippen LogP contribution >= 0.6 is 11.6 Å². The number of likely N-dealkylation sites (tertiary alicyclic amines) is 1. The molecule has 2 aliphatic rings. The van der Waals surface area contributed by atoms with Crippen molar-refractivity contribution in [2.24, 2.45) is 0 Å². The van der Waals surface area contributed by atoms with Gasteiger partial charge in [0.1, 0.15) is 18.2 Å². The van der Waals surface area contributed by atoms with Gasteiger partial charge in [-0.05, 0) is 89.7 Å². The normalized spacial score (nSPS) is 18.3. The molecule has 3 aromatic carbocycles. The third kappa shape index (κ3) is 6.04. The summed E-state index contributed by atoms with van der Waals surface area (Å²) in [5.41, 5.74) is 5.87. The van der Waals surface area contributed by atoms with Crippen LogP contribution in [-0.2, 0) is 4.79 Å². The highest BCUT2D eigenvalue weighted by Crippen LogP contribution is 2.37. The number of tetrazole rings is 1. The predicted molar refractivity (Wildman–Crippen MR) is 174 cm³/mol. The number of benzene rings is 3. The Morgan fingerprint density at radius 3 is 2.59 bits per heavy atom. The molecule has 11 heteroatoms. The van der Waals surface area contributed by atoms with E-state index in [-0.39, 0.29) is 17.6 Å². The molecule has 2 bridgehead atoms. The Bertz CT molecular complexity index is 1880. The van der Waals surface area contributed by atoms with Gasteiger partial charge in [0.05, 0.1) is 11.6 Å². The van der Waals surface area contributed by atoms with Crippen LogP contribution in [-0.4, -0.2) is 50.1 Å². The Balaban J connectivity index is 1.27. The van der Waals surface area contributed by atoms with Gasteiger partial charge in [-0.3, -0.25) is 4.79 Å². The summed E-state index contributed by atoms with van der Waals surface area (Å²) in [4.78, 5) is 15.5. The Hall–Kier alpha value is -4.83. The molecule has 1 fully saturated rings. The third-order valence-electron chi connectivity index (χ3n) is 9.03. The van der Waals surface area contributed by atoms with Crippen molar-refractivity contribution in [1.82, 2.24) is 25.1 Å². The molecule has 0 saturated carbocycles. The van der Waals surface area contributed by atoms with E-state index in [2.05, 4.69) is 20.8 Å². The van der Waals surface area contributed by atoms with Crippen LogP contribution in [0.1, 0.15) is 55.7 Å². The van der Waals surface area contributed by atoms with Crippen LogP contribution in [0.25, 0.3) is 27.9 Å². The molecule has 4 heterocycles. The first-order chi connectivity index (χ1) is 22.4. The SMILES string of the molecule is O=C(C1CCCCC(c2ccc(-c3cc(Cl)ccc3-n3cnnn3)c[n+]2[O-])c2cccc(c2)-c2cc(F)ccc2N1)N1CCCC1. The predicted octanol–water partition coefficient (Wildman–Crippen LogP) is 6.53. The lowest BCUT2D eigenvalue weighted by Crippen LogP contribution is -2.41. The van der Waals surface area contributed by atoms with E-state index in [9.17, 15) is 14.4 Å². The Labute approximate surface area is 271 Å². The van der Waals surface area contributed by atoms with Crippen molar-refractivity contribution in [2.75, 3.05) is 18.4 Å². The second-order valence-corrected chi connectivity index (χ2v) is 12.4. The fraction of sp³-hybridized carbons (Fsp3) is 0.286. The number of amides is 1. The average Bonchev–Trinajstić information content (AvgIpc) is 3.80. The zero-order chi connectivity index (χ0) is 31.6. The summed E-state index contributed by atoms with van der Waals surface area (Å²) >= 11 is 6.36. The van der Waals surface area contributed by atoms with Gasteiger partial charge in [0.2, 0.25) is 5.91 Å². The molecular weight excluding hydrogens is 605 g/mol. The molecular formula is C35H33ClFN7O2. The van der Waals surface area contributed by atoms with Crippen LogP contribution in [0.2, 0.25) is 5.02 Å². The van der Waals surface area contributed by atoms with Gasteiger partial charge in [-0.1, -0.05) is 48.7 Å². The average molecular weight is 638 g/mol. The number of carbonyl (C=O) groups excluding carboxylic acids is 1. The van der Waals surface area contributed by atoms with Crippen molar-refractivity contribution in [3.05, 3.63) is 113 Å². The van der Waals surface area contributed by atoms with Crippen molar-refractivity contribution >= 4 is 23.2 Å². The minimum absolute atomic E-state index is 0.0881. The number of fused-ring (bicyclic) bond motifs is 4. The fourth-order valence-electron chi connectivity index (χ4n) is 6.72. The first-order valence-corrected chi connectivity index (χ1v) is 16.0. The molecule has 2 atom stereocenters. The smallest absolute Gasteiger partial charge is 0.245 e. The maximum Gasteiger partial charge on any atom is 0.245 e. The van der Waals surface area contributed by atoms with Gasteiger partial charge < -0.3 is 15.4 Å². The first-order valence-electron chi connectivity index (χ1n) is 15.7. The van der Waals surface area contributed by atoms with E-state index in [4.69, 9.17) is 11.6 Å². The van der Waals surface area contributed by atoms with Crippen LogP contribution in [0, 0.1) is 11.0 Å². The molecule has 46 heavy (non-hydrogen) atoms. The highest BCUT2D eigenvalue weighted by Gasteiger charge is 2.29. The number of hydrogen-bond acceptors (Lipinski definition) is 6. The highest BCUT2D eigenvalue weighted by molar-refractivity contribution is 6.31. The molecule has 5 aromatic rings. The zero-order valence-corrected chi connectivity index (χ0v) is 25.9. The van der Waals surface area contributed by atoms with Crippen molar-refractivity contribution in [2.45, 2.75) is 50.5 Å². The molecule has 9 nitrogen and oxygen atoms in total. The van der Waals surface area contributed by atoms with E-state index in [1.54, 1.807) is 24.4 Å². The minimum atomic E-state index is -0.417. The van der Waals surface area contributed by atoms with Gasteiger partial charge in [-0.2, -0.15) is 9.41 Å². The molecule has 0 spiro atoms. The van der Waals surface area contributed by atoms with Gasteiger partial charge in [-0.25, -0.2) is 4.39 Å². The van der Waals surface area contributed by atoms with Gasteiger partial charge in [0, 0.05) is 46.6 Å². The first kappa shape index (κ1) is 29.9. The van der Waals surface area contributed by atoms with Crippen LogP contribution < -0.4 is 10.0 Å².